The lowest BCUT2D eigenvalue weighted by molar-refractivity contribution is -0.149. The zero-order valence-electron chi connectivity index (χ0n) is 8.95. The van der Waals surface area contributed by atoms with E-state index in [1.807, 2.05) is 0 Å². The van der Waals surface area contributed by atoms with Gasteiger partial charge in [0.25, 0.3) is 0 Å². The van der Waals surface area contributed by atoms with Crippen LogP contribution in [0.5, 0.6) is 0 Å². The molecule has 0 aromatic carbocycles. The first-order chi connectivity index (χ1) is 6.98. The van der Waals surface area contributed by atoms with Gasteiger partial charge in [0.15, 0.2) is 0 Å². The van der Waals surface area contributed by atoms with Gasteiger partial charge in [0.1, 0.15) is 5.54 Å². The molecule has 1 atom stereocenters. The average Bonchev–Trinajstić information content (AvgIpc) is 2.18. The standard InChI is InChI=1S/C10H18N2O3/c1-7(11)8(13)12-10(9(14)15)5-3-2-4-6-10/h7H,2-6,11H2,1H3,(H,12,13)(H,14,15)/t7-/m0/s1. The number of hydrogen-bond donors (Lipinski definition) is 3. The van der Waals surface area contributed by atoms with Crippen LogP contribution in [0.25, 0.3) is 0 Å². The second-order valence-electron chi connectivity index (χ2n) is 4.23. The topological polar surface area (TPSA) is 92.4 Å². The average molecular weight is 214 g/mol. The van der Waals surface area contributed by atoms with Gasteiger partial charge in [0.05, 0.1) is 6.04 Å². The molecule has 1 saturated carbocycles. The van der Waals surface area contributed by atoms with Gasteiger partial charge in [-0.05, 0) is 19.8 Å². The molecular weight excluding hydrogens is 196 g/mol. The van der Waals surface area contributed by atoms with E-state index in [0.29, 0.717) is 12.8 Å². The highest BCUT2D eigenvalue weighted by atomic mass is 16.4. The maximum absolute atomic E-state index is 11.4. The molecule has 0 unspecified atom stereocenters. The summed E-state index contributed by atoms with van der Waals surface area (Å²) in [5.74, 6) is -1.34. The van der Waals surface area contributed by atoms with E-state index in [2.05, 4.69) is 5.32 Å². The Morgan fingerprint density at radius 3 is 2.27 bits per heavy atom. The van der Waals surface area contributed by atoms with E-state index < -0.39 is 17.6 Å². The number of carboxylic acid groups (broad SMARTS) is 1. The largest absolute Gasteiger partial charge is 0.480 e. The third kappa shape index (κ3) is 2.68. The molecule has 15 heavy (non-hydrogen) atoms. The number of nitrogens with one attached hydrogen (secondary N) is 1. The molecule has 1 aliphatic carbocycles. The molecule has 1 aliphatic rings. The molecular formula is C10H18N2O3. The second kappa shape index (κ2) is 4.61. The molecule has 0 heterocycles. The smallest absolute Gasteiger partial charge is 0.329 e. The first-order valence-electron chi connectivity index (χ1n) is 5.29. The molecule has 0 aromatic heterocycles. The summed E-state index contributed by atoms with van der Waals surface area (Å²) in [5, 5.41) is 11.7. The Balaban J connectivity index is 2.73. The molecule has 0 aliphatic heterocycles. The fraction of sp³-hybridized carbons (Fsp3) is 0.800. The van der Waals surface area contributed by atoms with Gasteiger partial charge in [-0.25, -0.2) is 4.79 Å². The summed E-state index contributed by atoms with van der Waals surface area (Å²) in [6.07, 6.45) is 3.71. The minimum atomic E-state index is -1.08. The van der Waals surface area contributed by atoms with Crippen molar-refractivity contribution in [2.24, 2.45) is 5.73 Å². The van der Waals surface area contributed by atoms with Crippen LogP contribution in [0.2, 0.25) is 0 Å². The highest BCUT2D eigenvalue weighted by Crippen LogP contribution is 2.28. The lowest BCUT2D eigenvalue weighted by Crippen LogP contribution is -2.58. The third-order valence-corrected chi connectivity index (χ3v) is 2.89. The van der Waals surface area contributed by atoms with Crippen molar-refractivity contribution in [3.05, 3.63) is 0 Å². The molecule has 5 nitrogen and oxygen atoms in total. The van der Waals surface area contributed by atoms with Crippen LogP contribution in [0.4, 0.5) is 0 Å². The van der Waals surface area contributed by atoms with Crippen LogP contribution in [0.1, 0.15) is 39.0 Å². The minimum Gasteiger partial charge on any atom is -0.480 e. The fourth-order valence-electron chi connectivity index (χ4n) is 1.90. The van der Waals surface area contributed by atoms with Crippen LogP contribution in [0, 0.1) is 0 Å². The number of aliphatic carboxylic acids is 1. The van der Waals surface area contributed by atoms with Gasteiger partial charge in [-0.1, -0.05) is 19.3 Å². The van der Waals surface area contributed by atoms with Gasteiger partial charge in [0.2, 0.25) is 5.91 Å². The van der Waals surface area contributed by atoms with Gasteiger partial charge in [-0.15, -0.1) is 0 Å². The van der Waals surface area contributed by atoms with Crippen molar-refractivity contribution < 1.29 is 14.7 Å². The Labute approximate surface area is 89.0 Å². The van der Waals surface area contributed by atoms with Gasteiger partial charge in [0, 0.05) is 0 Å². The van der Waals surface area contributed by atoms with Crippen molar-refractivity contribution in [2.75, 3.05) is 0 Å². The van der Waals surface area contributed by atoms with Crippen LogP contribution in [0.3, 0.4) is 0 Å². The minimum absolute atomic E-state index is 0.390. The normalized spacial score (nSPS) is 21.7. The summed E-state index contributed by atoms with van der Waals surface area (Å²) in [6, 6.07) is -0.664. The molecule has 0 radical (unpaired) electrons. The van der Waals surface area contributed by atoms with E-state index in [4.69, 9.17) is 10.8 Å². The van der Waals surface area contributed by atoms with Crippen molar-refractivity contribution in [1.82, 2.24) is 5.32 Å². The van der Waals surface area contributed by atoms with Gasteiger partial charge < -0.3 is 16.2 Å². The summed E-state index contributed by atoms with van der Waals surface area (Å²) in [6.45, 7) is 1.55. The molecule has 1 amide bonds. The Morgan fingerprint density at radius 1 is 1.33 bits per heavy atom. The highest BCUT2D eigenvalue weighted by Gasteiger charge is 2.41. The van der Waals surface area contributed by atoms with Gasteiger partial charge >= 0.3 is 5.97 Å². The summed E-state index contributed by atoms with van der Waals surface area (Å²) < 4.78 is 0. The van der Waals surface area contributed by atoms with Crippen molar-refractivity contribution in [1.29, 1.82) is 0 Å². The molecule has 0 bridgehead atoms. The summed E-state index contributed by atoms with van der Waals surface area (Å²) in [4.78, 5) is 22.6. The predicted octanol–water partition coefficient (Wildman–Crippen LogP) is 0.237. The number of carbonyl (C=O) groups excluding carboxylic acids is 1. The molecule has 86 valence electrons. The van der Waals surface area contributed by atoms with Crippen LogP contribution in [0.15, 0.2) is 0 Å². The maximum Gasteiger partial charge on any atom is 0.329 e. The first kappa shape index (κ1) is 12.0. The Bertz CT molecular complexity index is 257. The fourth-order valence-corrected chi connectivity index (χ4v) is 1.90. The van der Waals surface area contributed by atoms with Crippen molar-refractivity contribution in [3.8, 4) is 0 Å². The third-order valence-electron chi connectivity index (χ3n) is 2.89. The molecule has 1 fully saturated rings. The summed E-state index contributed by atoms with van der Waals surface area (Å²) >= 11 is 0. The van der Waals surface area contributed by atoms with E-state index in [1.54, 1.807) is 6.92 Å². The van der Waals surface area contributed by atoms with Crippen molar-refractivity contribution >= 4 is 11.9 Å². The van der Waals surface area contributed by atoms with Gasteiger partial charge in [-0.2, -0.15) is 0 Å². The van der Waals surface area contributed by atoms with E-state index in [0.717, 1.165) is 19.3 Å². The maximum atomic E-state index is 11.4. The monoisotopic (exact) mass is 214 g/mol. The lowest BCUT2D eigenvalue weighted by Gasteiger charge is -2.34. The molecule has 4 N–H and O–H groups in total. The van der Waals surface area contributed by atoms with Crippen molar-refractivity contribution in [3.63, 3.8) is 0 Å². The number of amides is 1. The van der Waals surface area contributed by atoms with Gasteiger partial charge in [-0.3, -0.25) is 4.79 Å². The number of nitrogens with two attached hydrogens (primary N) is 1. The number of rotatable bonds is 3. The lowest BCUT2D eigenvalue weighted by atomic mass is 9.81. The number of carboxylic acids is 1. The SMILES string of the molecule is C[C@H](N)C(=O)NC1(C(=O)O)CCCCC1. The summed E-state index contributed by atoms with van der Waals surface area (Å²) in [5.41, 5.74) is 4.33. The molecule has 0 spiro atoms. The first-order valence-corrected chi connectivity index (χ1v) is 5.29. The Morgan fingerprint density at radius 2 is 1.87 bits per heavy atom. The van der Waals surface area contributed by atoms with E-state index in [9.17, 15) is 9.59 Å². The number of hydrogen-bond acceptors (Lipinski definition) is 3. The molecule has 0 saturated heterocycles. The van der Waals surface area contributed by atoms with Crippen LogP contribution in [-0.4, -0.2) is 28.6 Å². The number of carbonyl (C=O) groups is 2. The molecule has 0 aromatic rings. The van der Waals surface area contributed by atoms with E-state index >= 15 is 0 Å². The quantitative estimate of drug-likeness (QED) is 0.627. The highest BCUT2D eigenvalue weighted by molar-refractivity contribution is 5.89. The van der Waals surface area contributed by atoms with E-state index in [-0.39, 0.29) is 5.91 Å². The Hall–Kier alpha value is -1.10. The van der Waals surface area contributed by atoms with E-state index in [1.165, 1.54) is 0 Å². The van der Waals surface area contributed by atoms with Crippen molar-refractivity contribution in [2.45, 2.75) is 50.6 Å². The molecule has 1 rings (SSSR count). The zero-order chi connectivity index (χ0) is 11.5. The Kier molecular flexibility index (Phi) is 3.68. The van der Waals surface area contributed by atoms with Crippen LogP contribution in [-0.2, 0) is 9.59 Å². The second-order valence-corrected chi connectivity index (χ2v) is 4.23. The van der Waals surface area contributed by atoms with Crippen LogP contribution < -0.4 is 11.1 Å². The summed E-state index contributed by atoms with van der Waals surface area (Å²) in [7, 11) is 0. The predicted molar refractivity (Wildman–Crippen MR) is 55.2 cm³/mol. The molecule has 5 heteroatoms. The van der Waals surface area contributed by atoms with Crippen LogP contribution >= 0.6 is 0 Å². The zero-order valence-corrected chi connectivity index (χ0v) is 8.95.